The van der Waals surface area contributed by atoms with Gasteiger partial charge in [-0.2, -0.15) is 0 Å². The first kappa shape index (κ1) is 14.9. The van der Waals surface area contributed by atoms with Gasteiger partial charge in [-0.05, 0) is 36.5 Å². The smallest absolute Gasteiger partial charge is 0.226 e. The lowest BCUT2D eigenvalue weighted by Crippen LogP contribution is -2.49. The molecule has 2 amide bonds. The van der Waals surface area contributed by atoms with E-state index < -0.39 is 0 Å². The van der Waals surface area contributed by atoms with Crippen molar-refractivity contribution in [1.29, 1.82) is 0 Å². The Labute approximate surface area is 127 Å². The first-order valence-electron chi connectivity index (χ1n) is 8.47. The van der Waals surface area contributed by atoms with Gasteiger partial charge in [-0.1, -0.05) is 26.7 Å². The monoisotopic (exact) mass is 292 g/mol. The van der Waals surface area contributed by atoms with E-state index in [-0.39, 0.29) is 22.7 Å². The fourth-order valence-corrected chi connectivity index (χ4v) is 4.48. The zero-order valence-corrected chi connectivity index (χ0v) is 13.4. The van der Waals surface area contributed by atoms with Gasteiger partial charge in [-0.15, -0.1) is 0 Å². The Morgan fingerprint density at radius 2 is 1.90 bits per heavy atom. The predicted molar refractivity (Wildman–Crippen MR) is 81.6 cm³/mol. The zero-order valence-electron chi connectivity index (χ0n) is 13.4. The number of nitrogens with zero attached hydrogens (tertiary/aromatic N) is 1. The molecular formula is C17H28N2O2. The summed E-state index contributed by atoms with van der Waals surface area (Å²) in [6.45, 7) is 6.98. The van der Waals surface area contributed by atoms with E-state index in [1.807, 2.05) is 0 Å². The number of hydrogen-bond donors (Lipinski definition) is 1. The molecule has 3 fully saturated rings. The number of hydrogen-bond acceptors (Lipinski definition) is 2. The van der Waals surface area contributed by atoms with Crippen LogP contribution in [-0.2, 0) is 9.59 Å². The Balaban J connectivity index is 1.61. The zero-order chi connectivity index (χ0) is 15.1. The average Bonchev–Trinajstić information content (AvgIpc) is 2.79. The largest absolute Gasteiger partial charge is 0.356 e. The molecule has 2 aliphatic heterocycles. The van der Waals surface area contributed by atoms with Crippen molar-refractivity contribution in [3.8, 4) is 0 Å². The maximum Gasteiger partial charge on any atom is 0.226 e. The second kappa shape index (κ2) is 5.29. The van der Waals surface area contributed by atoms with Gasteiger partial charge < -0.3 is 10.2 Å². The SMILES string of the molecule is CC1(C)CCCCC1C(=O)N1CCC2(CC1)CNC(=O)C2. The molecule has 4 nitrogen and oxygen atoms in total. The van der Waals surface area contributed by atoms with Gasteiger partial charge in [0.15, 0.2) is 0 Å². The number of likely N-dealkylation sites (tertiary alicyclic amines) is 1. The molecule has 1 saturated carbocycles. The third-order valence-corrected chi connectivity index (χ3v) is 6.14. The summed E-state index contributed by atoms with van der Waals surface area (Å²) in [5.41, 5.74) is 0.283. The van der Waals surface area contributed by atoms with Crippen molar-refractivity contribution in [3.05, 3.63) is 0 Å². The Morgan fingerprint density at radius 3 is 2.48 bits per heavy atom. The van der Waals surface area contributed by atoms with E-state index in [2.05, 4.69) is 24.1 Å². The molecule has 1 unspecified atom stereocenters. The Morgan fingerprint density at radius 1 is 1.19 bits per heavy atom. The standard InChI is InChI=1S/C17H28N2O2/c1-16(2)6-4-3-5-13(16)15(21)19-9-7-17(8-10-19)11-14(20)18-12-17/h13H,3-12H2,1-2H3,(H,18,20). The lowest BCUT2D eigenvalue weighted by molar-refractivity contribution is -0.143. The van der Waals surface area contributed by atoms with E-state index in [1.54, 1.807) is 0 Å². The summed E-state index contributed by atoms with van der Waals surface area (Å²) in [7, 11) is 0. The number of carbonyl (C=O) groups is 2. The van der Waals surface area contributed by atoms with E-state index in [4.69, 9.17) is 0 Å². The summed E-state index contributed by atoms with van der Waals surface area (Å²) in [4.78, 5) is 26.4. The molecule has 118 valence electrons. The second-order valence-electron chi connectivity index (χ2n) is 8.07. The fourth-order valence-electron chi connectivity index (χ4n) is 4.48. The van der Waals surface area contributed by atoms with E-state index in [0.29, 0.717) is 12.3 Å². The average molecular weight is 292 g/mol. The van der Waals surface area contributed by atoms with Crippen LogP contribution in [0.3, 0.4) is 0 Å². The molecule has 1 atom stereocenters. The van der Waals surface area contributed by atoms with Crippen molar-refractivity contribution in [3.63, 3.8) is 0 Å². The van der Waals surface area contributed by atoms with E-state index in [0.717, 1.165) is 38.9 Å². The van der Waals surface area contributed by atoms with E-state index >= 15 is 0 Å². The van der Waals surface area contributed by atoms with Crippen LogP contribution in [0.15, 0.2) is 0 Å². The summed E-state index contributed by atoms with van der Waals surface area (Å²) < 4.78 is 0. The molecule has 0 aromatic carbocycles. The Bertz CT molecular complexity index is 436. The third-order valence-electron chi connectivity index (χ3n) is 6.14. The molecule has 2 saturated heterocycles. The predicted octanol–water partition coefficient (Wildman–Crippen LogP) is 2.33. The van der Waals surface area contributed by atoms with Gasteiger partial charge in [0.25, 0.3) is 0 Å². The molecular weight excluding hydrogens is 264 g/mol. The van der Waals surface area contributed by atoms with Crippen LogP contribution in [0.2, 0.25) is 0 Å². The molecule has 4 heteroatoms. The minimum Gasteiger partial charge on any atom is -0.356 e. The molecule has 1 aliphatic carbocycles. The number of rotatable bonds is 1. The molecule has 0 aromatic rings. The van der Waals surface area contributed by atoms with Gasteiger partial charge in [-0.3, -0.25) is 9.59 Å². The van der Waals surface area contributed by atoms with Crippen LogP contribution in [-0.4, -0.2) is 36.3 Å². The number of nitrogens with one attached hydrogen (secondary N) is 1. The highest BCUT2D eigenvalue weighted by molar-refractivity contribution is 5.81. The molecule has 21 heavy (non-hydrogen) atoms. The van der Waals surface area contributed by atoms with Gasteiger partial charge in [-0.25, -0.2) is 0 Å². The number of carbonyl (C=O) groups excluding carboxylic acids is 2. The Kier molecular flexibility index (Phi) is 3.74. The highest BCUT2D eigenvalue weighted by atomic mass is 16.2. The van der Waals surface area contributed by atoms with Crippen molar-refractivity contribution in [2.24, 2.45) is 16.7 Å². The highest BCUT2D eigenvalue weighted by Gasteiger charge is 2.44. The number of amides is 2. The maximum atomic E-state index is 12.9. The van der Waals surface area contributed by atoms with Crippen molar-refractivity contribution < 1.29 is 9.59 Å². The molecule has 3 rings (SSSR count). The fraction of sp³-hybridized carbons (Fsp3) is 0.882. The maximum absolute atomic E-state index is 12.9. The Hall–Kier alpha value is -1.06. The number of piperidine rings is 1. The summed E-state index contributed by atoms with van der Waals surface area (Å²) in [5, 5.41) is 2.96. The first-order chi connectivity index (χ1) is 9.92. The molecule has 1 N–H and O–H groups in total. The van der Waals surface area contributed by atoms with Crippen LogP contribution in [0.4, 0.5) is 0 Å². The van der Waals surface area contributed by atoms with Crippen LogP contribution < -0.4 is 5.32 Å². The van der Waals surface area contributed by atoms with E-state index in [1.165, 1.54) is 19.3 Å². The van der Waals surface area contributed by atoms with E-state index in [9.17, 15) is 9.59 Å². The van der Waals surface area contributed by atoms with Crippen LogP contribution in [0.25, 0.3) is 0 Å². The quantitative estimate of drug-likeness (QED) is 0.806. The van der Waals surface area contributed by atoms with Crippen LogP contribution >= 0.6 is 0 Å². The van der Waals surface area contributed by atoms with Gasteiger partial charge >= 0.3 is 0 Å². The minimum absolute atomic E-state index is 0.135. The van der Waals surface area contributed by atoms with Crippen molar-refractivity contribution in [2.45, 2.75) is 58.8 Å². The summed E-state index contributed by atoms with van der Waals surface area (Å²) >= 11 is 0. The first-order valence-corrected chi connectivity index (χ1v) is 8.47. The molecule has 0 bridgehead atoms. The van der Waals surface area contributed by atoms with Gasteiger partial charge in [0.2, 0.25) is 11.8 Å². The second-order valence-corrected chi connectivity index (χ2v) is 8.07. The summed E-state index contributed by atoms with van der Waals surface area (Å²) in [6, 6.07) is 0. The molecule has 1 spiro atoms. The van der Waals surface area contributed by atoms with Crippen LogP contribution in [0.1, 0.15) is 58.8 Å². The lowest BCUT2D eigenvalue weighted by Gasteiger charge is -2.44. The van der Waals surface area contributed by atoms with Gasteiger partial charge in [0.05, 0.1) is 0 Å². The highest BCUT2D eigenvalue weighted by Crippen LogP contribution is 2.43. The summed E-state index contributed by atoms with van der Waals surface area (Å²) in [6.07, 6.45) is 7.27. The van der Waals surface area contributed by atoms with Gasteiger partial charge in [0.1, 0.15) is 0 Å². The lowest BCUT2D eigenvalue weighted by atomic mass is 9.68. The van der Waals surface area contributed by atoms with Crippen molar-refractivity contribution in [1.82, 2.24) is 10.2 Å². The van der Waals surface area contributed by atoms with Crippen molar-refractivity contribution >= 4 is 11.8 Å². The topological polar surface area (TPSA) is 49.4 Å². The molecule has 2 heterocycles. The molecule has 0 radical (unpaired) electrons. The summed E-state index contributed by atoms with van der Waals surface area (Å²) in [5.74, 6) is 0.749. The molecule has 3 aliphatic rings. The van der Waals surface area contributed by atoms with Gasteiger partial charge in [0, 0.05) is 32.0 Å². The molecule has 0 aromatic heterocycles. The van der Waals surface area contributed by atoms with Crippen LogP contribution in [0.5, 0.6) is 0 Å². The minimum atomic E-state index is 0.135. The van der Waals surface area contributed by atoms with Crippen molar-refractivity contribution in [2.75, 3.05) is 19.6 Å². The normalized spacial score (nSPS) is 31.2. The van der Waals surface area contributed by atoms with Crippen LogP contribution in [0, 0.1) is 16.7 Å². The third kappa shape index (κ3) is 2.82.